The van der Waals surface area contributed by atoms with Crippen LogP contribution in [0.1, 0.15) is 5.56 Å². The Morgan fingerprint density at radius 3 is 2.50 bits per heavy atom. The minimum atomic E-state index is -0.657. The number of benzene rings is 1. The number of nitrogens with one attached hydrogen (secondary N) is 1. The molecule has 4 nitrogen and oxygen atoms in total. The summed E-state index contributed by atoms with van der Waals surface area (Å²) in [6.07, 6.45) is 2.85. The Morgan fingerprint density at radius 1 is 1.28 bits per heavy atom. The van der Waals surface area contributed by atoms with Gasteiger partial charge in [0.15, 0.2) is 0 Å². The molecule has 0 aliphatic heterocycles. The quantitative estimate of drug-likeness (QED) is 0.719. The number of hydrogen-bond donors (Lipinski definition) is 3. The van der Waals surface area contributed by atoms with Crippen molar-refractivity contribution in [3.63, 3.8) is 0 Å². The second-order valence-electron chi connectivity index (χ2n) is 3.58. The third-order valence-corrected chi connectivity index (χ3v) is 2.90. The number of carbonyl (C=O) groups excluding carboxylic acids is 1. The minimum absolute atomic E-state index is 0.317. The van der Waals surface area contributed by atoms with Crippen molar-refractivity contribution in [2.24, 2.45) is 0 Å². The summed E-state index contributed by atoms with van der Waals surface area (Å²) in [5, 5.41) is 20.9. The van der Waals surface area contributed by atoms with Gasteiger partial charge in [-0.05, 0) is 23.8 Å². The Balaban J connectivity index is 2.63. The SMILES string of the molecule is O=C(C=Cc1ccc(Cl)c(Cl)c1)NC(CO)CO. The van der Waals surface area contributed by atoms with Crippen LogP contribution in [0.25, 0.3) is 6.08 Å². The predicted molar refractivity (Wildman–Crippen MR) is 71.6 cm³/mol. The van der Waals surface area contributed by atoms with Crippen molar-refractivity contribution in [2.75, 3.05) is 13.2 Å². The minimum Gasteiger partial charge on any atom is -0.394 e. The molecule has 6 heteroatoms. The maximum atomic E-state index is 11.4. The van der Waals surface area contributed by atoms with Gasteiger partial charge in [0.25, 0.3) is 0 Å². The van der Waals surface area contributed by atoms with E-state index in [1.807, 2.05) is 0 Å². The highest BCUT2D eigenvalue weighted by molar-refractivity contribution is 6.42. The molecule has 3 N–H and O–H groups in total. The first-order chi connectivity index (χ1) is 8.56. The number of aliphatic hydroxyl groups is 2. The lowest BCUT2D eigenvalue weighted by atomic mass is 10.2. The molecule has 0 saturated carbocycles. The van der Waals surface area contributed by atoms with Crippen molar-refractivity contribution >= 4 is 35.2 Å². The first kappa shape index (κ1) is 15.0. The van der Waals surface area contributed by atoms with E-state index in [1.54, 1.807) is 24.3 Å². The van der Waals surface area contributed by atoms with Crippen LogP contribution < -0.4 is 5.32 Å². The van der Waals surface area contributed by atoms with E-state index in [2.05, 4.69) is 5.32 Å². The van der Waals surface area contributed by atoms with Crippen LogP contribution in [0, 0.1) is 0 Å². The molecule has 0 aliphatic carbocycles. The van der Waals surface area contributed by atoms with Gasteiger partial charge in [-0.1, -0.05) is 29.3 Å². The van der Waals surface area contributed by atoms with Crippen LogP contribution in [0.15, 0.2) is 24.3 Å². The van der Waals surface area contributed by atoms with Gasteiger partial charge in [0.05, 0.1) is 29.3 Å². The van der Waals surface area contributed by atoms with Crippen LogP contribution in [-0.2, 0) is 4.79 Å². The second-order valence-corrected chi connectivity index (χ2v) is 4.39. The molecular formula is C12H13Cl2NO3. The Hall–Kier alpha value is -1.07. The zero-order valence-electron chi connectivity index (χ0n) is 9.44. The van der Waals surface area contributed by atoms with Gasteiger partial charge in [0.2, 0.25) is 5.91 Å². The molecule has 98 valence electrons. The lowest BCUT2D eigenvalue weighted by Gasteiger charge is -2.10. The second kappa shape index (κ2) is 7.38. The van der Waals surface area contributed by atoms with E-state index in [-0.39, 0.29) is 13.2 Å². The average Bonchev–Trinajstić information content (AvgIpc) is 2.37. The molecule has 0 saturated heterocycles. The maximum Gasteiger partial charge on any atom is 0.244 e. The molecule has 1 aromatic carbocycles. The number of hydrogen-bond acceptors (Lipinski definition) is 3. The fourth-order valence-electron chi connectivity index (χ4n) is 1.19. The predicted octanol–water partition coefficient (Wildman–Crippen LogP) is 1.48. The van der Waals surface area contributed by atoms with Crippen molar-refractivity contribution in [1.82, 2.24) is 5.32 Å². The van der Waals surface area contributed by atoms with Crippen LogP contribution in [0.2, 0.25) is 10.0 Å². The summed E-state index contributed by atoms with van der Waals surface area (Å²) in [6.45, 7) is -0.633. The molecule has 0 aromatic heterocycles. The van der Waals surface area contributed by atoms with Gasteiger partial charge in [0, 0.05) is 6.08 Å². The average molecular weight is 290 g/mol. The van der Waals surface area contributed by atoms with Gasteiger partial charge < -0.3 is 15.5 Å². The first-order valence-electron chi connectivity index (χ1n) is 5.22. The molecule has 0 heterocycles. The molecule has 0 fully saturated rings. The molecule has 0 atom stereocenters. The number of amides is 1. The topological polar surface area (TPSA) is 69.6 Å². The molecule has 1 aromatic rings. The Kier molecular flexibility index (Phi) is 6.15. The van der Waals surface area contributed by atoms with Gasteiger partial charge in [-0.3, -0.25) is 4.79 Å². The molecule has 0 radical (unpaired) electrons. The van der Waals surface area contributed by atoms with E-state index >= 15 is 0 Å². The summed E-state index contributed by atoms with van der Waals surface area (Å²) < 4.78 is 0. The van der Waals surface area contributed by atoms with Crippen LogP contribution in [0.5, 0.6) is 0 Å². The number of aliphatic hydroxyl groups excluding tert-OH is 2. The van der Waals surface area contributed by atoms with Crippen LogP contribution >= 0.6 is 23.2 Å². The summed E-state index contributed by atoms with van der Waals surface area (Å²) >= 11 is 11.6. The van der Waals surface area contributed by atoms with Crippen LogP contribution in [0.3, 0.4) is 0 Å². The van der Waals surface area contributed by atoms with Gasteiger partial charge in [-0.2, -0.15) is 0 Å². The zero-order valence-corrected chi connectivity index (χ0v) is 10.9. The largest absolute Gasteiger partial charge is 0.394 e. The lowest BCUT2D eigenvalue weighted by Crippen LogP contribution is -2.39. The van der Waals surface area contributed by atoms with Crippen LogP contribution in [-0.4, -0.2) is 35.4 Å². The van der Waals surface area contributed by atoms with Gasteiger partial charge in [0.1, 0.15) is 0 Å². The summed E-state index contributed by atoms with van der Waals surface area (Å²) in [4.78, 5) is 11.4. The third kappa shape index (κ3) is 4.66. The molecular weight excluding hydrogens is 277 g/mol. The summed E-state index contributed by atoms with van der Waals surface area (Å²) in [6, 6.07) is 4.32. The fraction of sp³-hybridized carbons (Fsp3) is 0.250. The number of carbonyl (C=O) groups is 1. The fourth-order valence-corrected chi connectivity index (χ4v) is 1.49. The van der Waals surface area contributed by atoms with Crippen LogP contribution in [0.4, 0.5) is 0 Å². The standard InChI is InChI=1S/C12H13Cl2NO3/c13-10-3-1-8(5-11(10)14)2-4-12(18)15-9(6-16)7-17/h1-5,9,16-17H,6-7H2,(H,15,18). The van der Waals surface area contributed by atoms with E-state index in [0.717, 1.165) is 5.56 Å². The van der Waals surface area contributed by atoms with Crippen molar-refractivity contribution < 1.29 is 15.0 Å². The Morgan fingerprint density at radius 2 is 1.94 bits per heavy atom. The first-order valence-corrected chi connectivity index (χ1v) is 5.97. The zero-order chi connectivity index (χ0) is 13.5. The Labute approximate surface area is 115 Å². The highest BCUT2D eigenvalue weighted by atomic mass is 35.5. The van der Waals surface area contributed by atoms with Gasteiger partial charge in [-0.25, -0.2) is 0 Å². The van der Waals surface area contributed by atoms with E-state index in [9.17, 15) is 4.79 Å². The smallest absolute Gasteiger partial charge is 0.244 e. The van der Waals surface area contributed by atoms with Crippen molar-refractivity contribution in [2.45, 2.75) is 6.04 Å². The molecule has 1 amide bonds. The molecule has 0 bridgehead atoms. The van der Waals surface area contributed by atoms with Gasteiger partial charge in [-0.15, -0.1) is 0 Å². The highest BCUT2D eigenvalue weighted by Gasteiger charge is 2.07. The van der Waals surface area contributed by atoms with Crippen molar-refractivity contribution in [1.29, 1.82) is 0 Å². The number of rotatable bonds is 5. The molecule has 18 heavy (non-hydrogen) atoms. The van der Waals surface area contributed by atoms with E-state index in [0.29, 0.717) is 10.0 Å². The molecule has 1 rings (SSSR count). The lowest BCUT2D eigenvalue weighted by molar-refractivity contribution is -0.117. The van der Waals surface area contributed by atoms with E-state index < -0.39 is 11.9 Å². The highest BCUT2D eigenvalue weighted by Crippen LogP contribution is 2.22. The summed E-state index contributed by atoms with van der Waals surface area (Å²) in [7, 11) is 0. The summed E-state index contributed by atoms with van der Waals surface area (Å²) in [5.41, 5.74) is 0.726. The number of halogens is 2. The normalized spacial score (nSPS) is 11.2. The van der Waals surface area contributed by atoms with Crippen molar-refractivity contribution in [3.05, 3.63) is 39.9 Å². The van der Waals surface area contributed by atoms with Crippen molar-refractivity contribution in [3.8, 4) is 0 Å². The maximum absolute atomic E-state index is 11.4. The van der Waals surface area contributed by atoms with Gasteiger partial charge >= 0.3 is 0 Å². The third-order valence-electron chi connectivity index (χ3n) is 2.16. The van der Waals surface area contributed by atoms with E-state index in [1.165, 1.54) is 6.08 Å². The monoisotopic (exact) mass is 289 g/mol. The Bertz CT molecular complexity index is 445. The molecule has 0 unspecified atom stereocenters. The summed E-state index contributed by atoms with van der Waals surface area (Å²) in [5.74, 6) is -0.408. The molecule has 0 spiro atoms. The molecule has 0 aliphatic rings. The van der Waals surface area contributed by atoms with E-state index in [4.69, 9.17) is 33.4 Å².